The summed E-state index contributed by atoms with van der Waals surface area (Å²) in [5, 5.41) is 10.1. The van der Waals surface area contributed by atoms with Gasteiger partial charge in [-0.1, -0.05) is 18.2 Å². The second-order valence-electron chi connectivity index (χ2n) is 6.46. The van der Waals surface area contributed by atoms with Crippen molar-refractivity contribution in [3.8, 4) is 17.1 Å². The van der Waals surface area contributed by atoms with Gasteiger partial charge in [-0.25, -0.2) is 9.98 Å². The van der Waals surface area contributed by atoms with Crippen LogP contribution in [0.5, 0.6) is 5.75 Å². The molecule has 3 rings (SSSR count). The molecular formula is C20H25IN6O. The van der Waals surface area contributed by atoms with Crippen LogP contribution in [-0.4, -0.2) is 27.2 Å². The number of aromatic nitrogens is 3. The summed E-state index contributed by atoms with van der Waals surface area (Å²) in [6.07, 6.45) is 0.145. The molecule has 0 atom stereocenters. The first kappa shape index (κ1) is 21.7. The zero-order valence-corrected chi connectivity index (χ0v) is 18.5. The molecule has 7 nitrogen and oxygen atoms in total. The number of ether oxygens (including phenoxy) is 1. The van der Waals surface area contributed by atoms with Crippen molar-refractivity contribution < 1.29 is 4.74 Å². The van der Waals surface area contributed by atoms with Crippen molar-refractivity contribution in [2.75, 3.05) is 5.32 Å². The summed E-state index contributed by atoms with van der Waals surface area (Å²) in [4.78, 5) is 8.75. The van der Waals surface area contributed by atoms with Gasteiger partial charge in [-0.15, -0.1) is 24.0 Å². The largest absolute Gasteiger partial charge is 0.491 e. The number of guanidine groups is 1. The van der Waals surface area contributed by atoms with E-state index in [1.54, 1.807) is 0 Å². The highest BCUT2D eigenvalue weighted by molar-refractivity contribution is 14.0. The maximum Gasteiger partial charge on any atom is 0.193 e. The monoisotopic (exact) mass is 492 g/mol. The van der Waals surface area contributed by atoms with Crippen LogP contribution in [0.25, 0.3) is 11.4 Å². The van der Waals surface area contributed by atoms with Gasteiger partial charge in [0.2, 0.25) is 0 Å². The first-order valence-corrected chi connectivity index (χ1v) is 8.81. The molecule has 1 aromatic heterocycles. The Kier molecular flexibility index (Phi) is 7.80. The molecule has 0 saturated heterocycles. The van der Waals surface area contributed by atoms with Crippen molar-refractivity contribution in [2.24, 2.45) is 10.7 Å². The summed E-state index contributed by atoms with van der Waals surface area (Å²) in [5.41, 5.74) is 8.83. The second-order valence-corrected chi connectivity index (χ2v) is 6.46. The van der Waals surface area contributed by atoms with Gasteiger partial charge >= 0.3 is 0 Å². The molecule has 0 radical (unpaired) electrons. The number of nitrogens with two attached hydrogens (primary N) is 1. The van der Waals surface area contributed by atoms with Crippen LogP contribution in [0, 0.1) is 6.92 Å². The Labute approximate surface area is 181 Å². The number of H-pyrrole nitrogens is 1. The molecule has 0 amide bonds. The predicted molar refractivity (Wildman–Crippen MR) is 123 cm³/mol. The van der Waals surface area contributed by atoms with Gasteiger partial charge in [-0.05, 0) is 56.7 Å². The lowest BCUT2D eigenvalue weighted by Crippen LogP contribution is -2.22. The normalized spacial score (nSPS) is 11.2. The Bertz CT molecular complexity index is 920. The van der Waals surface area contributed by atoms with Crippen molar-refractivity contribution in [1.29, 1.82) is 0 Å². The number of aryl methyl sites for hydroxylation is 1. The fraction of sp³-hybridized carbons (Fsp3) is 0.250. The second kappa shape index (κ2) is 10.1. The third kappa shape index (κ3) is 6.22. The number of rotatable bonds is 6. The average Bonchev–Trinajstić information content (AvgIpc) is 3.08. The fourth-order valence-electron chi connectivity index (χ4n) is 2.53. The summed E-state index contributed by atoms with van der Waals surface area (Å²) in [7, 11) is 0. The minimum absolute atomic E-state index is 0. The molecule has 28 heavy (non-hydrogen) atoms. The van der Waals surface area contributed by atoms with Gasteiger partial charge in [0.05, 0.1) is 12.6 Å². The number of halogens is 1. The number of nitrogens with zero attached hydrogens (tertiary/aromatic N) is 3. The molecule has 0 saturated carbocycles. The Balaban J connectivity index is 0.00000280. The summed E-state index contributed by atoms with van der Waals surface area (Å²) in [6.45, 7) is 6.33. The average molecular weight is 492 g/mol. The van der Waals surface area contributed by atoms with E-state index in [1.807, 2.05) is 69.3 Å². The van der Waals surface area contributed by atoms with Gasteiger partial charge in [0.1, 0.15) is 11.6 Å². The molecule has 8 heteroatoms. The van der Waals surface area contributed by atoms with Gasteiger partial charge in [-0.2, -0.15) is 5.10 Å². The molecule has 0 aliphatic carbocycles. The van der Waals surface area contributed by atoms with E-state index in [4.69, 9.17) is 10.5 Å². The van der Waals surface area contributed by atoms with Crippen LogP contribution in [0.2, 0.25) is 0 Å². The van der Waals surface area contributed by atoms with Crippen LogP contribution in [0.4, 0.5) is 5.69 Å². The number of aliphatic imine (C=N–C) groups is 1. The molecule has 4 N–H and O–H groups in total. The van der Waals surface area contributed by atoms with E-state index in [1.165, 1.54) is 0 Å². The molecule has 0 spiro atoms. The van der Waals surface area contributed by atoms with Crippen molar-refractivity contribution in [1.82, 2.24) is 15.2 Å². The van der Waals surface area contributed by atoms with Gasteiger partial charge in [0, 0.05) is 11.3 Å². The number of hydrogen-bond acceptors (Lipinski definition) is 4. The smallest absolute Gasteiger partial charge is 0.193 e. The lowest BCUT2D eigenvalue weighted by atomic mass is 10.1. The van der Waals surface area contributed by atoms with Crippen LogP contribution in [-0.2, 0) is 6.54 Å². The van der Waals surface area contributed by atoms with Crippen molar-refractivity contribution >= 4 is 35.6 Å². The zero-order valence-electron chi connectivity index (χ0n) is 16.1. The van der Waals surface area contributed by atoms with E-state index in [0.29, 0.717) is 18.3 Å². The quantitative estimate of drug-likeness (QED) is 0.273. The van der Waals surface area contributed by atoms with Crippen molar-refractivity contribution in [2.45, 2.75) is 33.4 Å². The van der Waals surface area contributed by atoms with Gasteiger partial charge in [0.25, 0.3) is 0 Å². The van der Waals surface area contributed by atoms with E-state index in [9.17, 15) is 0 Å². The highest BCUT2D eigenvalue weighted by Crippen LogP contribution is 2.18. The van der Waals surface area contributed by atoms with Crippen molar-refractivity contribution in [3.63, 3.8) is 0 Å². The van der Waals surface area contributed by atoms with E-state index in [-0.39, 0.29) is 30.1 Å². The predicted octanol–water partition coefficient (Wildman–Crippen LogP) is 4.11. The number of aromatic amines is 1. The molecule has 0 aliphatic rings. The molecule has 0 aliphatic heterocycles. The molecular weight excluding hydrogens is 467 g/mol. The lowest BCUT2D eigenvalue weighted by molar-refractivity contribution is 0.242. The maximum atomic E-state index is 6.00. The topological polar surface area (TPSA) is 101 Å². The Morgan fingerprint density at radius 2 is 1.96 bits per heavy atom. The SMILES string of the molecule is Cc1nc(-c2cccc(CN=C(N)Nc3ccc(OC(C)C)cc3)c2)n[nH]1.I. The number of anilines is 1. The Morgan fingerprint density at radius 1 is 1.21 bits per heavy atom. The van der Waals surface area contributed by atoms with Gasteiger partial charge in [-0.3, -0.25) is 5.10 Å². The molecule has 3 aromatic rings. The maximum absolute atomic E-state index is 6.00. The molecule has 0 fully saturated rings. The van der Waals surface area contributed by atoms with Crippen LogP contribution >= 0.6 is 24.0 Å². The van der Waals surface area contributed by atoms with E-state index in [0.717, 1.165) is 28.4 Å². The number of benzene rings is 2. The number of nitrogens with one attached hydrogen (secondary N) is 2. The van der Waals surface area contributed by atoms with Crippen LogP contribution in [0.3, 0.4) is 0 Å². The minimum Gasteiger partial charge on any atom is -0.491 e. The molecule has 2 aromatic carbocycles. The molecule has 1 heterocycles. The zero-order chi connectivity index (χ0) is 19.2. The summed E-state index contributed by atoms with van der Waals surface area (Å²) < 4.78 is 5.63. The first-order chi connectivity index (χ1) is 13.0. The van der Waals surface area contributed by atoms with Crippen LogP contribution < -0.4 is 15.8 Å². The Morgan fingerprint density at radius 3 is 2.61 bits per heavy atom. The third-order valence-electron chi connectivity index (χ3n) is 3.71. The summed E-state index contributed by atoms with van der Waals surface area (Å²) in [5.74, 6) is 2.64. The molecule has 148 valence electrons. The fourth-order valence-corrected chi connectivity index (χ4v) is 2.53. The minimum atomic E-state index is 0. The van der Waals surface area contributed by atoms with E-state index in [2.05, 4.69) is 25.5 Å². The van der Waals surface area contributed by atoms with E-state index >= 15 is 0 Å². The standard InChI is InChI=1S/C20H24N6O.HI/c1-13(2)27-18-9-7-17(8-10-18)24-20(21)22-12-15-5-4-6-16(11-15)19-23-14(3)25-26-19;/h4-11,13H,12H2,1-3H3,(H3,21,22,24)(H,23,25,26);1H. The van der Waals surface area contributed by atoms with Crippen LogP contribution in [0.15, 0.2) is 53.5 Å². The Hall–Kier alpha value is -2.62. The summed E-state index contributed by atoms with van der Waals surface area (Å²) in [6, 6.07) is 15.6. The van der Waals surface area contributed by atoms with Crippen LogP contribution in [0.1, 0.15) is 25.2 Å². The highest BCUT2D eigenvalue weighted by Gasteiger charge is 2.04. The van der Waals surface area contributed by atoms with E-state index < -0.39 is 0 Å². The summed E-state index contributed by atoms with van der Waals surface area (Å²) >= 11 is 0. The highest BCUT2D eigenvalue weighted by atomic mass is 127. The molecule has 0 bridgehead atoms. The van der Waals surface area contributed by atoms with Gasteiger partial charge < -0.3 is 15.8 Å². The first-order valence-electron chi connectivity index (χ1n) is 8.81. The third-order valence-corrected chi connectivity index (χ3v) is 3.71. The van der Waals surface area contributed by atoms with Crippen molar-refractivity contribution in [3.05, 3.63) is 59.9 Å². The molecule has 0 unspecified atom stereocenters. The van der Waals surface area contributed by atoms with Gasteiger partial charge in [0.15, 0.2) is 11.8 Å². The number of hydrogen-bond donors (Lipinski definition) is 3. The lowest BCUT2D eigenvalue weighted by Gasteiger charge is -2.11.